The number of fused-ring (bicyclic) bond motifs is 13. The van der Waals surface area contributed by atoms with Crippen LogP contribution < -0.4 is 4.90 Å². The molecule has 0 atom stereocenters. The van der Waals surface area contributed by atoms with Crippen molar-refractivity contribution in [3.05, 3.63) is 306 Å². The van der Waals surface area contributed by atoms with Crippen molar-refractivity contribution in [3.63, 3.8) is 0 Å². The molecular formula is C75H51N. The van der Waals surface area contributed by atoms with Gasteiger partial charge >= 0.3 is 0 Å². The monoisotopic (exact) mass is 965 g/mol. The molecule has 0 aromatic heterocycles. The van der Waals surface area contributed by atoms with Crippen molar-refractivity contribution < 1.29 is 0 Å². The van der Waals surface area contributed by atoms with Crippen LogP contribution in [0.1, 0.15) is 33.4 Å². The molecule has 356 valence electrons. The van der Waals surface area contributed by atoms with Gasteiger partial charge in [0.15, 0.2) is 0 Å². The highest BCUT2D eigenvalue weighted by Crippen LogP contribution is 2.57. The Kier molecular flexibility index (Phi) is 10.3. The first-order valence-corrected chi connectivity index (χ1v) is 26.6. The van der Waals surface area contributed by atoms with Gasteiger partial charge in [-0.15, -0.1) is 0 Å². The van der Waals surface area contributed by atoms with E-state index in [-0.39, 0.29) is 5.41 Å². The number of para-hydroxylation sites is 2. The van der Waals surface area contributed by atoms with Gasteiger partial charge in [0.1, 0.15) is 0 Å². The second kappa shape index (κ2) is 17.8. The molecule has 0 bridgehead atoms. The van der Waals surface area contributed by atoms with Crippen LogP contribution in [0.15, 0.2) is 273 Å². The predicted octanol–water partition coefficient (Wildman–Crippen LogP) is 20.0. The van der Waals surface area contributed by atoms with E-state index in [1.165, 1.54) is 127 Å². The summed E-state index contributed by atoms with van der Waals surface area (Å²) in [6, 6.07) is 101. The Labute approximate surface area is 443 Å². The van der Waals surface area contributed by atoms with E-state index in [4.69, 9.17) is 0 Å². The molecule has 0 unspecified atom stereocenters. The summed E-state index contributed by atoms with van der Waals surface area (Å²) < 4.78 is 0. The van der Waals surface area contributed by atoms with Crippen molar-refractivity contribution in [2.75, 3.05) is 4.90 Å². The average Bonchev–Trinajstić information content (AvgIpc) is 4.18. The van der Waals surface area contributed by atoms with Gasteiger partial charge in [-0.1, -0.05) is 231 Å². The molecular weight excluding hydrogens is 915 g/mol. The van der Waals surface area contributed by atoms with Gasteiger partial charge < -0.3 is 4.90 Å². The van der Waals surface area contributed by atoms with Crippen molar-refractivity contribution in [3.8, 4) is 44.5 Å². The van der Waals surface area contributed by atoms with Crippen LogP contribution in [0, 0.1) is 0 Å². The predicted molar refractivity (Wildman–Crippen MR) is 323 cm³/mol. The molecule has 0 fully saturated rings. The normalized spacial score (nSPS) is 13.2. The highest BCUT2D eigenvalue weighted by molar-refractivity contribution is 6.33. The highest BCUT2D eigenvalue weighted by atomic mass is 15.1. The topological polar surface area (TPSA) is 3.24 Å². The lowest BCUT2D eigenvalue weighted by molar-refractivity contribution is 0.563. The highest BCUT2D eigenvalue weighted by Gasteiger charge is 2.47. The van der Waals surface area contributed by atoms with Gasteiger partial charge in [0.05, 0.1) is 0 Å². The summed E-state index contributed by atoms with van der Waals surface area (Å²) >= 11 is 0. The van der Waals surface area contributed by atoms with Crippen molar-refractivity contribution in [2.45, 2.75) is 18.3 Å². The summed E-state index contributed by atoms with van der Waals surface area (Å²) in [5, 5.41) is 10.1. The van der Waals surface area contributed by atoms with Gasteiger partial charge in [-0.2, -0.15) is 0 Å². The minimum Gasteiger partial charge on any atom is -0.310 e. The summed E-state index contributed by atoms with van der Waals surface area (Å²) in [5.41, 5.74) is 21.5. The zero-order valence-corrected chi connectivity index (χ0v) is 42.0. The first kappa shape index (κ1) is 44.0. The fourth-order valence-corrected chi connectivity index (χ4v) is 13.2. The Balaban J connectivity index is 0.821. The minimum atomic E-state index is -0.165. The third-order valence-electron chi connectivity index (χ3n) is 16.6. The second-order valence-corrected chi connectivity index (χ2v) is 20.8. The Morgan fingerprint density at radius 1 is 0.303 bits per heavy atom. The summed E-state index contributed by atoms with van der Waals surface area (Å²) in [7, 11) is 0. The third kappa shape index (κ3) is 7.15. The lowest BCUT2D eigenvalue weighted by atomic mass is 9.75. The first-order chi connectivity index (χ1) is 37.6. The van der Waals surface area contributed by atoms with E-state index in [0.29, 0.717) is 0 Å². The molecule has 2 aliphatic carbocycles. The Morgan fingerprint density at radius 3 is 1.43 bits per heavy atom. The van der Waals surface area contributed by atoms with Crippen molar-refractivity contribution >= 4 is 72.3 Å². The molecule has 0 saturated heterocycles. The fourth-order valence-electron chi connectivity index (χ4n) is 13.2. The summed E-state index contributed by atoms with van der Waals surface area (Å²) in [6.45, 7) is 0. The van der Waals surface area contributed by atoms with E-state index in [2.05, 4.69) is 290 Å². The zero-order chi connectivity index (χ0) is 50.2. The zero-order valence-electron chi connectivity index (χ0n) is 42.0. The van der Waals surface area contributed by atoms with Gasteiger partial charge in [-0.3, -0.25) is 0 Å². The van der Waals surface area contributed by atoms with Crippen LogP contribution in [0.2, 0.25) is 0 Å². The Hall–Kier alpha value is -9.56. The summed E-state index contributed by atoms with van der Waals surface area (Å²) in [6.07, 6.45) is 6.57. The standard InChI is InChI=1S/C75H51N/c1-5-19-52(20-6-1)68-47-69(72(53-21-7-2-8-22-53)74-67-32-18-16-30-63(67)62-29-15-17-31-66(62)73(68)74)56-39-38-54-43-50(35-37-55(54)45-56)33-34-51-36-41-64-65-42-40-61(76(59-25-9-3-10-26-59)60-27-11-4-12-28-60)46-71(65)75(70(64)44-51)48-57-23-13-14-24-58(57)49-75/h1-47H,48-49H2/b34-33+. The number of benzene rings is 13. The minimum absolute atomic E-state index is 0.165. The Morgan fingerprint density at radius 2 is 0.789 bits per heavy atom. The van der Waals surface area contributed by atoms with Crippen LogP contribution in [-0.4, -0.2) is 0 Å². The maximum Gasteiger partial charge on any atom is 0.0465 e. The van der Waals surface area contributed by atoms with Gasteiger partial charge in [-0.25, -0.2) is 0 Å². The van der Waals surface area contributed by atoms with Crippen LogP contribution in [0.4, 0.5) is 17.1 Å². The molecule has 0 amide bonds. The van der Waals surface area contributed by atoms with Gasteiger partial charge in [-0.05, 0) is 188 Å². The largest absolute Gasteiger partial charge is 0.310 e. The lowest BCUT2D eigenvalue weighted by Gasteiger charge is -2.30. The Bertz CT molecular complexity index is 4370. The number of hydrogen-bond donors (Lipinski definition) is 0. The molecule has 1 spiro atoms. The number of rotatable bonds is 8. The van der Waals surface area contributed by atoms with Crippen molar-refractivity contribution in [2.24, 2.45) is 0 Å². The third-order valence-corrected chi connectivity index (χ3v) is 16.6. The van der Waals surface area contributed by atoms with Gasteiger partial charge in [0.25, 0.3) is 0 Å². The summed E-state index contributed by atoms with van der Waals surface area (Å²) in [4.78, 5) is 2.40. The lowest BCUT2D eigenvalue weighted by Crippen LogP contribution is -2.26. The van der Waals surface area contributed by atoms with Crippen LogP contribution in [0.5, 0.6) is 0 Å². The molecule has 0 heterocycles. The first-order valence-electron chi connectivity index (χ1n) is 26.6. The molecule has 0 aliphatic heterocycles. The van der Waals surface area contributed by atoms with Crippen molar-refractivity contribution in [1.82, 2.24) is 0 Å². The van der Waals surface area contributed by atoms with Crippen LogP contribution in [0.25, 0.3) is 99.7 Å². The molecule has 76 heavy (non-hydrogen) atoms. The number of anilines is 3. The van der Waals surface area contributed by atoms with Crippen LogP contribution in [-0.2, 0) is 18.3 Å². The maximum absolute atomic E-state index is 2.49. The van der Waals surface area contributed by atoms with E-state index < -0.39 is 0 Å². The molecule has 15 rings (SSSR count). The van der Waals surface area contributed by atoms with E-state index >= 15 is 0 Å². The van der Waals surface area contributed by atoms with Crippen molar-refractivity contribution in [1.29, 1.82) is 0 Å². The molecule has 13 aromatic rings. The maximum atomic E-state index is 2.49. The average molecular weight is 966 g/mol. The molecule has 0 saturated carbocycles. The van der Waals surface area contributed by atoms with E-state index in [0.717, 1.165) is 24.2 Å². The van der Waals surface area contributed by atoms with Gasteiger partial charge in [0, 0.05) is 22.5 Å². The molecule has 1 nitrogen and oxygen atoms in total. The molecule has 0 N–H and O–H groups in total. The molecule has 1 heteroatoms. The summed E-state index contributed by atoms with van der Waals surface area (Å²) in [5.74, 6) is 0. The van der Waals surface area contributed by atoms with E-state index in [1.54, 1.807) is 0 Å². The number of nitrogens with zero attached hydrogens (tertiary/aromatic N) is 1. The smallest absolute Gasteiger partial charge is 0.0465 e. The van der Waals surface area contributed by atoms with E-state index in [9.17, 15) is 0 Å². The second-order valence-electron chi connectivity index (χ2n) is 20.8. The van der Waals surface area contributed by atoms with E-state index in [1.807, 2.05) is 0 Å². The van der Waals surface area contributed by atoms with Crippen LogP contribution in [0.3, 0.4) is 0 Å². The fraction of sp³-hybridized carbons (Fsp3) is 0.0400. The van der Waals surface area contributed by atoms with Crippen LogP contribution >= 0.6 is 0 Å². The molecule has 13 aromatic carbocycles. The molecule has 2 aliphatic rings. The quantitative estimate of drug-likeness (QED) is 0.108. The van der Waals surface area contributed by atoms with Gasteiger partial charge in [0.2, 0.25) is 0 Å². The molecule has 0 radical (unpaired) electrons. The number of hydrogen-bond acceptors (Lipinski definition) is 1. The SMILES string of the molecule is C(=C\c1ccc2cc(-c3cc(-c4ccccc4)c4c5ccccc5c5ccccc5c4c3-c3ccccc3)ccc2c1)/c1ccc2c(c1)C1(Cc3ccccc3C1)c1cc(N(c3ccccc3)c3ccccc3)ccc1-2.